The van der Waals surface area contributed by atoms with Crippen LogP contribution in [0.4, 0.5) is 0 Å². The summed E-state index contributed by atoms with van der Waals surface area (Å²) in [7, 11) is 1.78. The lowest BCUT2D eigenvalue weighted by molar-refractivity contribution is -0.126. The van der Waals surface area contributed by atoms with E-state index in [2.05, 4.69) is 20.8 Å². The second-order valence-electron chi connectivity index (χ2n) is 3.52. The molecule has 2 nitrogen and oxygen atoms in total. The van der Waals surface area contributed by atoms with Crippen molar-refractivity contribution in [2.24, 2.45) is 5.92 Å². The summed E-state index contributed by atoms with van der Waals surface area (Å²) in [5, 5.41) is 0. The fourth-order valence-electron chi connectivity index (χ4n) is 1.70. The Balaban J connectivity index is 2.51. The van der Waals surface area contributed by atoms with Crippen LogP contribution in [0.5, 0.6) is 0 Å². The average Bonchev–Trinajstić information content (AvgIpc) is 1.96. The van der Waals surface area contributed by atoms with Crippen molar-refractivity contribution in [2.45, 2.75) is 45.5 Å². The minimum Gasteiger partial charge on any atom is -0.381 e. The van der Waals surface area contributed by atoms with Gasteiger partial charge in [0.1, 0.15) is 0 Å². The van der Waals surface area contributed by atoms with E-state index >= 15 is 0 Å². The Bertz CT molecular complexity index is 125. The molecule has 2 heteroatoms. The van der Waals surface area contributed by atoms with Gasteiger partial charge < -0.3 is 9.47 Å². The monoisotopic (exact) mass is 158 g/mol. The Morgan fingerprint density at radius 2 is 1.91 bits per heavy atom. The zero-order valence-corrected chi connectivity index (χ0v) is 7.83. The number of methoxy groups -OCH3 is 1. The quantitative estimate of drug-likeness (QED) is 0.579. The van der Waals surface area contributed by atoms with E-state index in [-0.39, 0.29) is 0 Å². The minimum absolute atomic E-state index is 0.337. The molecule has 1 fully saturated rings. The van der Waals surface area contributed by atoms with Gasteiger partial charge in [0.25, 0.3) is 0 Å². The molecule has 0 N–H and O–H groups in total. The number of hydrogen-bond donors (Lipinski definition) is 0. The van der Waals surface area contributed by atoms with Crippen LogP contribution >= 0.6 is 0 Å². The molecule has 0 spiro atoms. The summed E-state index contributed by atoms with van der Waals surface area (Å²) in [5.74, 6) is 0.524. The molecule has 0 saturated carbocycles. The smallest absolute Gasteiger partial charge is 0.0646 e. The van der Waals surface area contributed by atoms with E-state index in [4.69, 9.17) is 9.47 Å². The molecule has 4 atom stereocenters. The van der Waals surface area contributed by atoms with Crippen LogP contribution in [0.2, 0.25) is 0 Å². The van der Waals surface area contributed by atoms with Crippen LogP contribution in [-0.2, 0) is 9.47 Å². The molecule has 0 bridgehead atoms. The minimum atomic E-state index is 0.337. The molecule has 66 valence electrons. The van der Waals surface area contributed by atoms with Crippen molar-refractivity contribution in [2.75, 3.05) is 7.11 Å². The summed E-state index contributed by atoms with van der Waals surface area (Å²) in [6.07, 6.45) is 2.10. The molecular weight excluding hydrogens is 140 g/mol. The lowest BCUT2D eigenvalue weighted by Gasteiger charge is -2.36. The maximum atomic E-state index is 5.65. The van der Waals surface area contributed by atoms with E-state index in [1.54, 1.807) is 7.11 Å². The molecule has 0 aliphatic carbocycles. The normalized spacial score (nSPS) is 45.8. The molecule has 0 amide bonds. The SMILES string of the molecule is COC1CC(C)OC(C)C1C. The van der Waals surface area contributed by atoms with E-state index in [0.717, 1.165) is 6.42 Å². The van der Waals surface area contributed by atoms with Crippen LogP contribution in [-0.4, -0.2) is 25.4 Å². The molecule has 0 radical (unpaired) electrons. The molecule has 0 aromatic rings. The predicted molar refractivity (Wildman–Crippen MR) is 44.6 cm³/mol. The van der Waals surface area contributed by atoms with Gasteiger partial charge in [-0.3, -0.25) is 0 Å². The number of rotatable bonds is 1. The predicted octanol–water partition coefficient (Wildman–Crippen LogP) is 1.83. The fourth-order valence-corrected chi connectivity index (χ4v) is 1.70. The Morgan fingerprint density at radius 3 is 2.45 bits per heavy atom. The zero-order chi connectivity index (χ0) is 8.43. The second-order valence-corrected chi connectivity index (χ2v) is 3.52. The van der Waals surface area contributed by atoms with Gasteiger partial charge in [-0.05, 0) is 20.3 Å². The molecule has 11 heavy (non-hydrogen) atoms. The topological polar surface area (TPSA) is 18.5 Å². The van der Waals surface area contributed by atoms with Crippen LogP contribution < -0.4 is 0 Å². The van der Waals surface area contributed by atoms with Crippen LogP contribution in [0.15, 0.2) is 0 Å². The maximum Gasteiger partial charge on any atom is 0.0646 e. The Morgan fingerprint density at radius 1 is 1.27 bits per heavy atom. The molecule has 1 aliphatic rings. The van der Waals surface area contributed by atoms with Gasteiger partial charge in [0.05, 0.1) is 18.3 Å². The van der Waals surface area contributed by atoms with Crippen LogP contribution in [0.25, 0.3) is 0 Å². The number of hydrogen-bond acceptors (Lipinski definition) is 2. The van der Waals surface area contributed by atoms with Crippen LogP contribution in [0, 0.1) is 5.92 Å². The highest BCUT2D eigenvalue weighted by Gasteiger charge is 2.31. The molecular formula is C9H18O2. The highest BCUT2D eigenvalue weighted by Crippen LogP contribution is 2.26. The van der Waals surface area contributed by atoms with Crippen molar-refractivity contribution in [1.29, 1.82) is 0 Å². The summed E-state index contributed by atoms with van der Waals surface area (Å²) in [6, 6.07) is 0. The van der Waals surface area contributed by atoms with E-state index in [0.29, 0.717) is 24.2 Å². The first-order chi connectivity index (χ1) is 5.15. The first-order valence-corrected chi connectivity index (χ1v) is 4.33. The van der Waals surface area contributed by atoms with E-state index in [1.165, 1.54) is 0 Å². The third-order valence-electron chi connectivity index (χ3n) is 2.64. The zero-order valence-electron chi connectivity index (χ0n) is 7.83. The van der Waals surface area contributed by atoms with Crippen LogP contribution in [0.3, 0.4) is 0 Å². The van der Waals surface area contributed by atoms with Gasteiger partial charge in [-0.15, -0.1) is 0 Å². The molecule has 1 saturated heterocycles. The molecule has 1 heterocycles. The van der Waals surface area contributed by atoms with Crippen molar-refractivity contribution < 1.29 is 9.47 Å². The molecule has 1 aliphatic heterocycles. The van der Waals surface area contributed by atoms with Crippen molar-refractivity contribution in [1.82, 2.24) is 0 Å². The van der Waals surface area contributed by atoms with Gasteiger partial charge in [0, 0.05) is 13.0 Å². The van der Waals surface area contributed by atoms with Gasteiger partial charge in [-0.1, -0.05) is 6.92 Å². The highest BCUT2D eigenvalue weighted by atomic mass is 16.5. The molecule has 0 aromatic heterocycles. The van der Waals surface area contributed by atoms with E-state index in [9.17, 15) is 0 Å². The first kappa shape index (κ1) is 9.01. The van der Waals surface area contributed by atoms with Crippen LogP contribution in [0.1, 0.15) is 27.2 Å². The third-order valence-corrected chi connectivity index (χ3v) is 2.64. The summed E-state index contributed by atoms with van der Waals surface area (Å²) in [6.45, 7) is 6.41. The molecule has 1 rings (SSSR count). The molecule has 4 unspecified atom stereocenters. The van der Waals surface area contributed by atoms with Crippen molar-refractivity contribution in [3.8, 4) is 0 Å². The summed E-state index contributed by atoms with van der Waals surface area (Å²) in [5.41, 5.74) is 0. The Labute approximate surface area is 68.9 Å². The second kappa shape index (κ2) is 3.55. The Hall–Kier alpha value is -0.0800. The summed E-state index contributed by atoms with van der Waals surface area (Å²) < 4.78 is 11.0. The van der Waals surface area contributed by atoms with Gasteiger partial charge in [0.15, 0.2) is 0 Å². The fraction of sp³-hybridized carbons (Fsp3) is 1.00. The van der Waals surface area contributed by atoms with E-state index in [1.807, 2.05) is 0 Å². The maximum absolute atomic E-state index is 5.65. The van der Waals surface area contributed by atoms with Gasteiger partial charge in [-0.25, -0.2) is 0 Å². The molecule has 0 aromatic carbocycles. The van der Waals surface area contributed by atoms with Gasteiger partial charge in [-0.2, -0.15) is 0 Å². The third kappa shape index (κ3) is 1.94. The summed E-state index contributed by atoms with van der Waals surface area (Å²) >= 11 is 0. The van der Waals surface area contributed by atoms with Crippen molar-refractivity contribution in [3.63, 3.8) is 0 Å². The highest BCUT2D eigenvalue weighted by molar-refractivity contribution is 4.79. The van der Waals surface area contributed by atoms with Gasteiger partial charge >= 0.3 is 0 Å². The summed E-state index contributed by atoms with van der Waals surface area (Å²) in [4.78, 5) is 0. The van der Waals surface area contributed by atoms with E-state index < -0.39 is 0 Å². The largest absolute Gasteiger partial charge is 0.381 e. The number of ether oxygens (including phenoxy) is 2. The standard InChI is InChI=1S/C9H18O2/c1-6-5-9(10-4)7(2)8(3)11-6/h6-9H,5H2,1-4H3. The van der Waals surface area contributed by atoms with Crippen molar-refractivity contribution in [3.05, 3.63) is 0 Å². The Kier molecular flexibility index (Phi) is 2.90. The first-order valence-electron chi connectivity index (χ1n) is 4.33. The lowest BCUT2D eigenvalue weighted by atomic mass is 9.91. The average molecular weight is 158 g/mol. The lowest BCUT2D eigenvalue weighted by Crippen LogP contribution is -2.41. The van der Waals surface area contributed by atoms with Gasteiger partial charge in [0.2, 0.25) is 0 Å². The van der Waals surface area contributed by atoms with Crippen molar-refractivity contribution >= 4 is 0 Å².